The number of carbonyl (C=O) groups excluding carboxylic acids is 1. The van der Waals surface area contributed by atoms with Crippen LogP contribution in [0.5, 0.6) is 0 Å². The van der Waals surface area contributed by atoms with E-state index in [4.69, 9.17) is 11.0 Å². The highest BCUT2D eigenvalue weighted by Gasteiger charge is 2.41. The lowest BCUT2D eigenvalue weighted by atomic mass is 9.78. The molecule has 7 heteroatoms. The van der Waals surface area contributed by atoms with Gasteiger partial charge in [-0.1, -0.05) is 26.0 Å². The molecule has 3 unspecified atom stereocenters. The van der Waals surface area contributed by atoms with Gasteiger partial charge in [0.15, 0.2) is 0 Å². The molecule has 1 aliphatic heterocycles. The molecule has 0 saturated carbocycles. The Labute approximate surface area is 147 Å². The molecule has 1 aliphatic rings. The van der Waals surface area contributed by atoms with Crippen LogP contribution in [0.2, 0.25) is 0 Å². The zero-order valence-electron chi connectivity index (χ0n) is 13.7. The van der Waals surface area contributed by atoms with Crippen LogP contribution in [0, 0.1) is 22.6 Å². The van der Waals surface area contributed by atoms with E-state index >= 15 is 0 Å². The van der Waals surface area contributed by atoms with Gasteiger partial charge in [0.2, 0.25) is 5.91 Å². The van der Waals surface area contributed by atoms with Crippen molar-refractivity contribution in [3.05, 3.63) is 35.6 Å². The summed E-state index contributed by atoms with van der Waals surface area (Å²) >= 11 is 0. The van der Waals surface area contributed by atoms with Gasteiger partial charge in [-0.3, -0.25) is 4.79 Å². The predicted octanol–water partition coefficient (Wildman–Crippen LogP) is 2.61. The second kappa shape index (κ2) is 7.91. The first-order valence-electron chi connectivity index (χ1n) is 7.59. The third-order valence-electron chi connectivity index (χ3n) is 4.36. The molecule has 132 valence electrons. The molecule has 1 saturated heterocycles. The van der Waals surface area contributed by atoms with Crippen LogP contribution in [-0.2, 0) is 11.2 Å². The van der Waals surface area contributed by atoms with Gasteiger partial charge in [-0.05, 0) is 29.5 Å². The van der Waals surface area contributed by atoms with Crippen LogP contribution in [0.4, 0.5) is 8.78 Å². The van der Waals surface area contributed by atoms with Gasteiger partial charge in [0.25, 0.3) is 0 Å². The minimum atomic E-state index is -1.18. The van der Waals surface area contributed by atoms with E-state index in [1.54, 1.807) is 12.1 Å². The Bertz CT molecular complexity index is 615. The molecule has 1 fully saturated rings. The molecule has 4 nitrogen and oxygen atoms in total. The number of hydrogen-bond acceptors (Lipinski definition) is 3. The standard InChI is InChI=1S/C17H21F2N3O.ClH/c1-17(2,8-11-3-5-12(18)6-4-11)15(21)16(23)22-10-13(19)7-14(22)9-20;/h3-6,13-15H,7-8,10,21H2,1-2H3;1H. The Hall–Kier alpha value is -1.71. The van der Waals surface area contributed by atoms with Gasteiger partial charge in [-0.25, -0.2) is 8.78 Å². The molecular formula is C17H22ClF2N3O. The van der Waals surface area contributed by atoms with Crippen molar-refractivity contribution in [1.29, 1.82) is 5.26 Å². The lowest BCUT2D eigenvalue weighted by molar-refractivity contribution is -0.135. The maximum Gasteiger partial charge on any atom is 0.241 e. The predicted molar refractivity (Wildman–Crippen MR) is 89.7 cm³/mol. The first-order valence-corrected chi connectivity index (χ1v) is 7.59. The first-order chi connectivity index (χ1) is 10.7. The SMILES string of the molecule is CC(C)(Cc1ccc(F)cc1)C(N)C(=O)N1CC(F)CC1C#N.Cl. The lowest BCUT2D eigenvalue weighted by Crippen LogP contribution is -2.53. The molecule has 1 aromatic rings. The Balaban J connectivity index is 0.00000288. The lowest BCUT2D eigenvalue weighted by Gasteiger charge is -2.34. The summed E-state index contributed by atoms with van der Waals surface area (Å²) in [4.78, 5) is 13.8. The second-order valence-corrected chi connectivity index (χ2v) is 6.74. The van der Waals surface area contributed by atoms with Crippen molar-refractivity contribution in [3.8, 4) is 6.07 Å². The van der Waals surface area contributed by atoms with Crippen LogP contribution in [-0.4, -0.2) is 35.6 Å². The highest BCUT2D eigenvalue weighted by Crippen LogP contribution is 2.29. The molecule has 0 radical (unpaired) electrons. The van der Waals surface area contributed by atoms with Crippen molar-refractivity contribution in [2.45, 2.75) is 44.9 Å². The zero-order valence-corrected chi connectivity index (χ0v) is 14.5. The molecule has 0 spiro atoms. The van der Waals surface area contributed by atoms with Gasteiger partial charge in [-0.15, -0.1) is 12.4 Å². The molecular weight excluding hydrogens is 336 g/mol. The van der Waals surface area contributed by atoms with Crippen LogP contribution in [0.15, 0.2) is 24.3 Å². The van der Waals surface area contributed by atoms with E-state index in [1.165, 1.54) is 17.0 Å². The quantitative estimate of drug-likeness (QED) is 0.900. The number of rotatable bonds is 4. The number of nitrogens with zero attached hydrogens (tertiary/aromatic N) is 2. The number of nitrogens with two attached hydrogens (primary N) is 1. The number of hydrogen-bond donors (Lipinski definition) is 1. The average Bonchev–Trinajstić information content (AvgIpc) is 2.89. The number of alkyl halides is 1. The molecule has 1 aromatic carbocycles. The summed E-state index contributed by atoms with van der Waals surface area (Å²) in [6.45, 7) is 3.59. The van der Waals surface area contributed by atoms with E-state index in [1.807, 2.05) is 19.9 Å². The summed E-state index contributed by atoms with van der Waals surface area (Å²) < 4.78 is 26.5. The molecule has 2 N–H and O–H groups in total. The fourth-order valence-electron chi connectivity index (χ4n) is 2.90. The van der Waals surface area contributed by atoms with E-state index < -0.39 is 29.6 Å². The average molecular weight is 358 g/mol. The number of carbonyl (C=O) groups is 1. The summed E-state index contributed by atoms with van der Waals surface area (Å²) in [7, 11) is 0. The molecule has 2 rings (SSSR count). The van der Waals surface area contributed by atoms with Crippen molar-refractivity contribution >= 4 is 18.3 Å². The van der Waals surface area contributed by atoms with Crippen molar-refractivity contribution in [2.75, 3.05) is 6.54 Å². The summed E-state index contributed by atoms with van der Waals surface area (Å²) in [6, 6.07) is 6.35. The minimum Gasteiger partial charge on any atom is -0.322 e. The van der Waals surface area contributed by atoms with Crippen LogP contribution in [0.25, 0.3) is 0 Å². The molecule has 3 atom stereocenters. The van der Waals surface area contributed by atoms with E-state index in [0.29, 0.717) is 6.42 Å². The van der Waals surface area contributed by atoms with Crippen molar-refractivity contribution in [3.63, 3.8) is 0 Å². The van der Waals surface area contributed by atoms with E-state index in [2.05, 4.69) is 0 Å². The van der Waals surface area contributed by atoms with Gasteiger partial charge < -0.3 is 10.6 Å². The molecule has 0 aliphatic carbocycles. The number of nitriles is 1. The van der Waals surface area contributed by atoms with Crippen LogP contribution in [0.3, 0.4) is 0 Å². The molecule has 0 aromatic heterocycles. The third-order valence-corrected chi connectivity index (χ3v) is 4.36. The summed E-state index contributed by atoms with van der Waals surface area (Å²) in [5.74, 6) is -0.737. The van der Waals surface area contributed by atoms with Crippen molar-refractivity contribution in [1.82, 2.24) is 4.90 Å². The fourth-order valence-corrected chi connectivity index (χ4v) is 2.90. The first kappa shape index (κ1) is 20.3. The maximum atomic E-state index is 13.5. The van der Waals surface area contributed by atoms with E-state index in [-0.39, 0.29) is 31.2 Å². The van der Waals surface area contributed by atoms with E-state index in [9.17, 15) is 13.6 Å². The monoisotopic (exact) mass is 357 g/mol. The summed E-state index contributed by atoms with van der Waals surface area (Å²) in [6.07, 6.45) is -0.673. The fraction of sp³-hybridized carbons (Fsp3) is 0.529. The summed E-state index contributed by atoms with van der Waals surface area (Å²) in [5.41, 5.74) is 6.37. The Morgan fingerprint density at radius 1 is 1.46 bits per heavy atom. The highest BCUT2D eigenvalue weighted by atomic mass is 35.5. The van der Waals surface area contributed by atoms with Crippen molar-refractivity contribution in [2.24, 2.45) is 11.1 Å². The molecule has 1 amide bonds. The van der Waals surface area contributed by atoms with Crippen LogP contribution in [0.1, 0.15) is 25.8 Å². The van der Waals surface area contributed by atoms with Gasteiger partial charge >= 0.3 is 0 Å². The van der Waals surface area contributed by atoms with Gasteiger partial charge in [0.05, 0.1) is 18.7 Å². The summed E-state index contributed by atoms with van der Waals surface area (Å²) in [5, 5.41) is 9.06. The number of amides is 1. The number of likely N-dealkylation sites (tertiary alicyclic amines) is 1. The smallest absolute Gasteiger partial charge is 0.241 e. The third kappa shape index (κ3) is 4.43. The Morgan fingerprint density at radius 2 is 2.04 bits per heavy atom. The van der Waals surface area contributed by atoms with Gasteiger partial charge in [0.1, 0.15) is 18.0 Å². The topological polar surface area (TPSA) is 70.1 Å². The van der Waals surface area contributed by atoms with Crippen LogP contribution >= 0.6 is 12.4 Å². The largest absolute Gasteiger partial charge is 0.322 e. The Morgan fingerprint density at radius 3 is 2.58 bits per heavy atom. The molecule has 0 bridgehead atoms. The van der Waals surface area contributed by atoms with Crippen LogP contribution < -0.4 is 5.73 Å². The van der Waals surface area contributed by atoms with Gasteiger partial charge in [0, 0.05) is 6.42 Å². The molecule has 24 heavy (non-hydrogen) atoms. The van der Waals surface area contributed by atoms with Crippen molar-refractivity contribution < 1.29 is 13.6 Å². The molecule has 1 heterocycles. The zero-order chi connectivity index (χ0) is 17.2. The number of halogens is 3. The maximum absolute atomic E-state index is 13.5. The second-order valence-electron chi connectivity index (χ2n) is 6.74. The Kier molecular flexibility index (Phi) is 6.70. The highest BCUT2D eigenvalue weighted by molar-refractivity contribution is 5.85. The van der Waals surface area contributed by atoms with E-state index in [0.717, 1.165) is 5.56 Å². The minimum absolute atomic E-state index is 0. The number of benzene rings is 1. The normalized spacial score (nSPS) is 21.8. The van der Waals surface area contributed by atoms with Gasteiger partial charge in [-0.2, -0.15) is 5.26 Å².